The van der Waals surface area contributed by atoms with E-state index in [4.69, 9.17) is 14.2 Å². The van der Waals surface area contributed by atoms with Crippen LogP contribution in [0.1, 0.15) is 34.1 Å². The van der Waals surface area contributed by atoms with Gasteiger partial charge in [-0.15, -0.1) is 11.3 Å². The number of nitrogens with one attached hydrogen (secondary N) is 1. The van der Waals surface area contributed by atoms with Crippen LogP contribution in [0, 0.1) is 0 Å². The van der Waals surface area contributed by atoms with Gasteiger partial charge in [0.1, 0.15) is 10.8 Å². The number of carbonyl (C=O) groups is 3. The third kappa shape index (κ3) is 4.75. The molecule has 0 saturated carbocycles. The van der Waals surface area contributed by atoms with Crippen molar-refractivity contribution in [2.24, 2.45) is 0 Å². The van der Waals surface area contributed by atoms with Gasteiger partial charge >= 0.3 is 11.9 Å². The van der Waals surface area contributed by atoms with Crippen LogP contribution in [-0.4, -0.2) is 37.7 Å². The Morgan fingerprint density at radius 1 is 1.00 bits per heavy atom. The minimum absolute atomic E-state index is 0.255. The average Bonchev–Trinajstić information content (AvgIpc) is 3.37. The van der Waals surface area contributed by atoms with Gasteiger partial charge in [0, 0.05) is 10.3 Å². The molecule has 1 aliphatic rings. The number of ether oxygens (including phenoxy) is 3. The molecule has 1 N–H and O–H groups in total. The number of aryl methyl sites for hydroxylation is 1. The molecular formula is C24H23NO6S. The topological polar surface area (TPSA) is 90.9 Å². The van der Waals surface area contributed by atoms with Gasteiger partial charge < -0.3 is 19.5 Å². The van der Waals surface area contributed by atoms with E-state index < -0.39 is 24.5 Å². The highest BCUT2D eigenvalue weighted by Crippen LogP contribution is 2.39. The van der Waals surface area contributed by atoms with Crippen molar-refractivity contribution in [1.29, 1.82) is 0 Å². The number of anilines is 1. The van der Waals surface area contributed by atoms with Gasteiger partial charge in [0.05, 0.1) is 12.2 Å². The number of hydrogen-bond donors (Lipinski definition) is 1. The molecule has 32 heavy (non-hydrogen) atoms. The lowest BCUT2D eigenvalue weighted by atomic mass is 10.1. The maximum atomic E-state index is 12.4. The fourth-order valence-electron chi connectivity index (χ4n) is 3.72. The first-order chi connectivity index (χ1) is 15.6. The number of benzene rings is 2. The molecule has 0 radical (unpaired) electrons. The molecule has 1 aliphatic carbocycles. The third-order valence-electron chi connectivity index (χ3n) is 5.11. The summed E-state index contributed by atoms with van der Waals surface area (Å²) in [6.07, 6.45) is 2.65. The maximum absolute atomic E-state index is 12.4. The highest BCUT2D eigenvalue weighted by molar-refractivity contribution is 7.17. The molecule has 3 aromatic rings. The van der Waals surface area contributed by atoms with Crippen molar-refractivity contribution < 1.29 is 28.6 Å². The molecule has 0 aliphatic heterocycles. The number of rotatable bonds is 8. The summed E-state index contributed by atoms with van der Waals surface area (Å²) in [5.74, 6) is -1.05. The zero-order valence-corrected chi connectivity index (χ0v) is 18.5. The van der Waals surface area contributed by atoms with Crippen molar-refractivity contribution in [2.45, 2.75) is 26.2 Å². The fraction of sp³-hybridized carbons (Fsp3) is 0.292. The summed E-state index contributed by atoms with van der Waals surface area (Å²) in [5, 5.41) is 5.02. The van der Waals surface area contributed by atoms with E-state index in [0.29, 0.717) is 16.3 Å². The molecule has 0 atom stereocenters. The molecule has 0 bridgehead atoms. The van der Waals surface area contributed by atoms with Crippen molar-refractivity contribution in [3.05, 3.63) is 58.5 Å². The SMILES string of the molecule is CCOC(=O)c1c(NC(=O)COC(=O)COc2cccc3ccccc23)sc2c1CCC2. The standard InChI is InChI=1S/C24H23NO6S/c1-2-29-24(28)22-17-10-6-12-19(17)32-23(22)25-20(26)13-31-21(27)14-30-18-11-5-8-15-7-3-4-9-16(15)18/h3-5,7-9,11H,2,6,10,12-14H2,1H3,(H,25,26). The Balaban J connectivity index is 1.32. The van der Waals surface area contributed by atoms with Crippen molar-refractivity contribution in [1.82, 2.24) is 0 Å². The first-order valence-electron chi connectivity index (χ1n) is 10.4. The molecule has 4 rings (SSSR count). The molecule has 0 spiro atoms. The van der Waals surface area contributed by atoms with Crippen LogP contribution in [0.15, 0.2) is 42.5 Å². The number of esters is 2. The monoisotopic (exact) mass is 453 g/mol. The van der Waals surface area contributed by atoms with Crippen LogP contribution in [0.5, 0.6) is 5.75 Å². The van der Waals surface area contributed by atoms with Crippen LogP contribution in [0.2, 0.25) is 0 Å². The normalized spacial score (nSPS) is 12.3. The van der Waals surface area contributed by atoms with Crippen LogP contribution < -0.4 is 10.1 Å². The smallest absolute Gasteiger partial charge is 0.344 e. The largest absolute Gasteiger partial charge is 0.481 e. The first kappa shape index (κ1) is 21.8. The van der Waals surface area contributed by atoms with Crippen molar-refractivity contribution in [3.8, 4) is 5.75 Å². The van der Waals surface area contributed by atoms with Crippen LogP contribution >= 0.6 is 11.3 Å². The quantitative estimate of drug-likeness (QED) is 0.516. The summed E-state index contributed by atoms with van der Waals surface area (Å²) < 4.78 is 15.8. The number of hydrogen-bond acceptors (Lipinski definition) is 7. The third-order valence-corrected chi connectivity index (χ3v) is 6.32. The zero-order valence-electron chi connectivity index (χ0n) is 17.6. The predicted octanol–water partition coefficient (Wildman–Crippen LogP) is 4.13. The molecule has 2 aromatic carbocycles. The van der Waals surface area contributed by atoms with E-state index in [9.17, 15) is 14.4 Å². The van der Waals surface area contributed by atoms with Gasteiger partial charge in [-0.1, -0.05) is 36.4 Å². The number of fused-ring (bicyclic) bond motifs is 2. The summed E-state index contributed by atoms with van der Waals surface area (Å²) in [4.78, 5) is 37.9. The Morgan fingerprint density at radius 2 is 1.81 bits per heavy atom. The minimum Gasteiger partial charge on any atom is -0.481 e. The van der Waals surface area contributed by atoms with E-state index >= 15 is 0 Å². The second-order valence-corrected chi connectivity index (χ2v) is 8.36. The molecular weight excluding hydrogens is 430 g/mol. The van der Waals surface area contributed by atoms with Gasteiger partial charge in [-0.25, -0.2) is 9.59 Å². The first-order valence-corrected chi connectivity index (χ1v) is 11.3. The van der Waals surface area contributed by atoms with E-state index in [1.54, 1.807) is 13.0 Å². The van der Waals surface area contributed by atoms with E-state index in [1.165, 1.54) is 11.3 Å². The molecule has 7 nitrogen and oxygen atoms in total. The molecule has 1 aromatic heterocycles. The van der Waals surface area contributed by atoms with Gasteiger partial charge in [-0.05, 0) is 43.2 Å². The number of thiophene rings is 1. The second kappa shape index (κ2) is 9.82. The van der Waals surface area contributed by atoms with Crippen molar-refractivity contribution in [2.75, 3.05) is 25.1 Å². The Labute approximate surface area is 189 Å². The molecule has 0 unspecified atom stereocenters. The molecule has 1 heterocycles. The van der Waals surface area contributed by atoms with Gasteiger partial charge in [-0.3, -0.25) is 4.79 Å². The Morgan fingerprint density at radius 3 is 2.66 bits per heavy atom. The van der Waals surface area contributed by atoms with Gasteiger partial charge in [0.2, 0.25) is 0 Å². The Kier molecular flexibility index (Phi) is 6.70. The predicted molar refractivity (Wildman–Crippen MR) is 121 cm³/mol. The van der Waals surface area contributed by atoms with E-state index in [0.717, 1.165) is 40.5 Å². The van der Waals surface area contributed by atoms with Crippen LogP contribution in [-0.2, 0) is 31.9 Å². The van der Waals surface area contributed by atoms with Gasteiger partial charge in [-0.2, -0.15) is 0 Å². The van der Waals surface area contributed by atoms with Crippen LogP contribution in [0.25, 0.3) is 10.8 Å². The lowest BCUT2D eigenvalue weighted by Crippen LogP contribution is -2.24. The van der Waals surface area contributed by atoms with E-state index in [-0.39, 0.29) is 13.2 Å². The Hall–Kier alpha value is -3.39. The molecule has 1 amide bonds. The lowest BCUT2D eigenvalue weighted by Gasteiger charge is -2.10. The average molecular weight is 454 g/mol. The second-order valence-electron chi connectivity index (χ2n) is 7.26. The summed E-state index contributed by atoms with van der Waals surface area (Å²) in [6.45, 7) is 1.21. The maximum Gasteiger partial charge on any atom is 0.344 e. The fourth-order valence-corrected chi connectivity index (χ4v) is 5.01. The minimum atomic E-state index is -0.660. The summed E-state index contributed by atoms with van der Waals surface area (Å²) in [5.41, 5.74) is 1.37. The van der Waals surface area contributed by atoms with Gasteiger partial charge in [0.15, 0.2) is 13.2 Å². The van der Waals surface area contributed by atoms with Crippen molar-refractivity contribution >= 4 is 45.0 Å². The summed E-state index contributed by atoms with van der Waals surface area (Å²) >= 11 is 1.38. The summed E-state index contributed by atoms with van der Waals surface area (Å²) in [6, 6.07) is 13.2. The van der Waals surface area contributed by atoms with E-state index in [2.05, 4.69) is 5.32 Å². The van der Waals surface area contributed by atoms with E-state index in [1.807, 2.05) is 36.4 Å². The number of amides is 1. The van der Waals surface area contributed by atoms with Crippen LogP contribution in [0.4, 0.5) is 5.00 Å². The molecule has 166 valence electrons. The number of carbonyl (C=O) groups excluding carboxylic acids is 3. The molecule has 0 saturated heterocycles. The van der Waals surface area contributed by atoms with Crippen molar-refractivity contribution in [3.63, 3.8) is 0 Å². The molecule has 8 heteroatoms. The van der Waals surface area contributed by atoms with Gasteiger partial charge in [0.25, 0.3) is 5.91 Å². The highest BCUT2D eigenvalue weighted by atomic mass is 32.1. The summed E-state index contributed by atoms with van der Waals surface area (Å²) in [7, 11) is 0. The molecule has 0 fully saturated rings. The van der Waals surface area contributed by atoms with Crippen LogP contribution in [0.3, 0.4) is 0 Å². The Bertz CT molecular complexity index is 1160. The zero-order chi connectivity index (χ0) is 22.5. The highest BCUT2D eigenvalue weighted by Gasteiger charge is 2.28. The lowest BCUT2D eigenvalue weighted by molar-refractivity contribution is -0.149.